The largest absolute Gasteiger partial charge is 0.374 e. The number of aromatic nitrogens is 3. The molecule has 0 amide bonds. The van der Waals surface area contributed by atoms with Crippen molar-refractivity contribution in [2.45, 2.75) is 50.7 Å². The van der Waals surface area contributed by atoms with Gasteiger partial charge < -0.3 is 9.64 Å². The van der Waals surface area contributed by atoms with E-state index >= 15 is 0 Å². The average Bonchev–Trinajstić information content (AvgIpc) is 3.30. The van der Waals surface area contributed by atoms with Crippen LogP contribution in [0.25, 0.3) is 11.4 Å². The van der Waals surface area contributed by atoms with Crippen molar-refractivity contribution in [2.75, 3.05) is 18.1 Å². The Balaban J connectivity index is 1.61. The summed E-state index contributed by atoms with van der Waals surface area (Å²) >= 11 is 0. The van der Waals surface area contributed by atoms with Gasteiger partial charge in [0, 0.05) is 35.8 Å². The van der Waals surface area contributed by atoms with Crippen molar-refractivity contribution in [1.29, 1.82) is 0 Å². The van der Waals surface area contributed by atoms with E-state index in [0.717, 1.165) is 37.4 Å². The van der Waals surface area contributed by atoms with Crippen LogP contribution in [-0.2, 0) is 17.6 Å². The Kier molecular flexibility index (Phi) is 3.47. The summed E-state index contributed by atoms with van der Waals surface area (Å²) in [7, 11) is 0. The van der Waals surface area contributed by atoms with Gasteiger partial charge in [-0.25, -0.2) is 9.97 Å². The molecule has 0 bridgehead atoms. The number of aryl methyl sites for hydroxylation is 1. The van der Waals surface area contributed by atoms with Gasteiger partial charge in [-0.05, 0) is 50.7 Å². The lowest BCUT2D eigenvalue weighted by Crippen LogP contribution is -2.49. The third-order valence-electron chi connectivity index (χ3n) is 5.60. The van der Waals surface area contributed by atoms with E-state index in [9.17, 15) is 0 Å². The second-order valence-corrected chi connectivity index (χ2v) is 6.99. The molecule has 2 aromatic heterocycles. The molecule has 0 aromatic carbocycles. The number of hydrogen-bond acceptors (Lipinski definition) is 5. The molecule has 0 N–H and O–H groups in total. The van der Waals surface area contributed by atoms with Gasteiger partial charge in [0.25, 0.3) is 0 Å². The van der Waals surface area contributed by atoms with E-state index in [0.29, 0.717) is 12.1 Å². The van der Waals surface area contributed by atoms with Crippen molar-refractivity contribution in [3.05, 3.63) is 35.8 Å². The first-order chi connectivity index (χ1) is 11.9. The van der Waals surface area contributed by atoms with Crippen molar-refractivity contribution in [2.24, 2.45) is 0 Å². The van der Waals surface area contributed by atoms with Gasteiger partial charge >= 0.3 is 0 Å². The van der Waals surface area contributed by atoms with Gasteiger partial charge in [0.05, 0.1) is 18.8 Å². The number of pyridine rings is 1. The van der Waals surface area contributed by atoms with E-state index < -0.39 is 0 Å². The molecule has 2 atom stereocenters. The molecule has 124 valence electrons. The Hall–Kier alpha value is -2.01. The predicted molar refractivity (Wildman–Crippen MR) is 92.0 cm³/mol. The van der Waals surface area contributed by atoms with Crippen molar-refractivity contribution in [3.63, 3.8) is 0 Å². The lowest BCUT2D eigenvalue weighted by molar-refractivity contribution is 0.0252. The van der Waals surface area contributed by atoms with E-state index in [2.05, 4.69) is 9.88 Å². The summed E-state index contributed by atoms with van der Waals surface area (Å²) in [6.45, 7) is 1.75. The highest BCUT2D eigenvalue weighted by molar-refractivity contribution is 5.61. The highest BCUT2D eigenvalue weighted by Gasteiger charge is 2.38. The maximum absolute atomic E-state index is 5.99. The van der Waals surface area contributed by atoms with Gasteiger partial charge in [0.2, 0.25) is 0 Å². The Labute approximate surface area is 142 Å². The van der Waals surface area contributed by atoms with Crippen LogP contribution in [0.2, 0.25) is 0 Å². The molecule has 24 heavy (non-hydrogen) atoms. The third-order valence-corrected chi connectivity index (χ3v) is 5.60. The number of ether oxygens (including phenoxy) is 1. The Morgan fingerprint density at radius 2 is 1.96 bits per heavy atom. The molecule has 1 saturated heterocycles. The molecule has 5 nitrogen and oxygen atoms in total. The first-order valence-corrected chi connectivity index (χ1v) is 9.08. The average molecular weight is 322 g/mol. The van der Waals surface area contributed by atoms with Crippen LogP contribution < -0.4 is 4.90 Å². The predicted octanol–water partition coefficient (Wildman–Crippen LogP) is 2.79. The van der Waals surface area contributed by atoms with E-state index in [1.54, 1.807) is 0 Å². The number of hydrogen-bond donors (Lipinski definition) is 0. The second-order valence-electron chi connectivity index (χ2n) is 6.99. The minimum atomic E-state index is 0.384. The van der Waals surface area contributed by atoms with Crippen LogP contribution in [0.1, 0.15) is 36.9 Å². The normalized spacial score (nSPS) is 25.6. The highest BCUT2D eigenvalue weighted by Crippen LogP contribution is 2.37. The number of nitrogens with zero attached hydrogens (tertiary/aromatic N) is 4. The van der Waals surface area contributed by atoms with Crippen molar-refractivity contribution in [1.82, 2.24) is 15.0 Å². The topological polar surface area (TPSA) is 51.1 Å². The summed E-state index contributed by atoms with van der Waals surface area (Å²) in [6.07, 6.45) is 11.0. The molecule has 2 aliphatic carbocycles. The van der Waals surface area contributed by atoms with Crippen LogP contribution in [-0.4, -0.2) is 40.2 Å². The first kappa shape index (κ1) is 14.3. The monoisotopic (exact) mass is 322 g/mol. The molecule has 0 unspecified atom stereocenters. The Bertz CT molecular complexity index is 749. The first-order valence-electron chi connectivity index (χ1n) is 9.08. The summed E-state index contributed by atoms with van der Waals surface area (Å²) in [6, 6.07) is 4.49. The molecule has 1 saturated carbocycles. The van der Waals surface area contributed by atoms with Crippen LogP contribution in [0.4, 0.5) is 5.82 Å². The Morgan fingerprint density at radius 1 is 1.04 bits per heavy atom. The van der Waals surface area contributed by atoms with E-state index in [1.165, 1.54) is 42.8 Å². The summed E-state index contributed by atoms with van der Waals surface area (Å²) in [5.41, 5.74) is 3.67. The van der Waals surface area contributed by atoms with Crippen LogP contribution in [0.5, 0.6) is 0 Å². The van der Waals surface area contributed by atoms with Crippen LogP contribution in [0.3, 0.4) is 0 Å². The van der Waals surface area contributed by atoms with Crippen LogP contribution in [0, 0.1) is 0 Å². The third kappa shape index (κ3) is 2.30. The fourth-order valence-corrected chi connectivity index (χ4v) is 4.47. The van der Waals surface area contributed by atoms with E-state index in [1.807, 2.05) is 24.5 Å². The molecule has 3 heterocycles. The smallest absolute Gasteiger partial charge is 0.161 e. The summed E-state index contributed by atoms with van der Waals surface area (Å²) in [4.78, 5) is 16.5. The van der Waals surface area contributed by atoms with Gasteiger partial charge in [-0.3, -0.25) is 4.98 Å². The fourth-order valence-electron chi connectivity index (χ4n) is 4.47. The molecule has 1 aliphatic heterocycles. The van der Waals surface area contributed by atoms with Crippen molar-refractivity contribution >= 4 is 5.82 Å². The molecule has 5 rings (SSSR count). The number of anilines is 1. The van der Waals surface area contributed by atoms with E-state index in [-0.39, 0.29) is 0 Å². The van der Waals surface area contributed by atoms with E-state index in [4.69, 9.17) is 14.7 Å². The lowest BCUT2D eigenvalue weighted by Gasteiger charge is -2.39. The number of fused-ring (bicyclic) bond motifs is 2. The van der Waals surface area contributed by atoms with Crippen LogP contribution in [0.15, 0.2) is 24.5 Å². The van der Waals surface area contributed by atoms with Gasteiger partial charge in [-0.15, -0.1) is 0 Å². The maximum atomic E-state index is 5.99. The standard InChI is InChI=1S/C19H22N4O/c1-3-14-15(4-1)21-18(13-7-9-20-10-8-13)22-19(14)23-11-12-24-17-6-2-5-16(17)23/h7-10,16-17H,1-6,11-12H2/t16-,17-/m1/s1. The molecular formula is C19H22N4O. The number of rotatable bonds is 2. The highest BCUT2D eigenvalue weighted by atomic mass is 16.5. The van der Waals surface area contributed by atoms with Gasteiger partial charge in [0.1, 0.15) is 5.82 Å². The van der Waals surface area contributed by atoms with Crippen LogP contribution >= 0.6 is 0 Å². The molecule has 0 spiro atoms. The van der Waals surface area contributed by atoms with Gasteiger partial charge in [-0.1, -0.05) is 0 Å². The number of morpholine rings is 1. The quantitative estimate of drug-likeness (QED) is 0.851. The molecule has 5 heteroatoms. The zero-order valence-corrected chi connectivity index (χ0v) is 13.8. The molecule has 0 radical (unpaired) electrons. The summed E-state index contributed by atoms with van der Waals surface area (Å²) in [5.74, 6) is 2.01. The Morgan fingerprint density at radius 3 is 2.88 bits per heavy atom. The molecule has 3 aliphatic rings. The second kappa shape index (κ2) is 5.81. The van der Waals surface area contributed by atoms with Crippen molar-refractivity contribution in [3.8, 4) is 11.4 Å². The lowest BCUT2D eigenvalue weighted by atomic mass is 10.1. The van der Waals surface area contributed by atoms with Gasteiger partial charge in [-0.2, -0.15) is 0 Å². The van der Waals surface area contributed by atoms with Gasteiger partial charge in [0.15, 0.2) is 5.82 Å². The molecule has 2 aromatic rings. The minimum Gasteiger partial charge on any atom is -0.374 e. The van der Waals surface area contributed by atoms with Crippen molar-refractivity contribution < 1.29 is 4.74 Å². The molecular weight excluding hydrogens is 300 g/mol. The minimum absolute atomic E-state index is 0.384. The zero-order valence-electron chi connectivity index (χ0n) is 13.8. The zero-order chi connectivity index (χ0) is 15.9. The maximum Gasteiger partial charge on any atom is 0.161 e. The summed E-state index contributed by atoms with van der Waals surface area (Å²) < 4.78 is 5.99. The summed E-state index contributed by atoms with van der Waals surface area (Å²) in [5, 5.41) is 0. The molecule has 2 fully saturated rings. The SMILES string of the molecule is c1cc(-c2nc3c(c(N4CCO[C@@H]5CCC[C@H]54)n2)CCC3)ccn1. The fraction of sp³-hybridized carbons (Fsp3) is 0.526.